The molecule has 32 heavy (non-hydrogen) atoms. The lowest BCUT2D eigenvalue weighted by molar-refractivity contribution is 0.190. The van der Waals surface area contributed by atoms with Gasteiger partial charge in [0.2, 0.25) is 0 Å². The van der Waals surface area contributed by atoms with Crippen molar-refractivity contribution in [3.63, 3.8) is 0 Å². The molecule has 1 aliphatic heterocycles. The molecule has 1 saturated heterocycles. The molecule has 1 amide bonds. The summed E-state index contributed by atoms with van der Waals surface area (Å²) in [7, 11) is 2.10. The van der Waals surface area contributed by atoms with Crippen molar-refractivity contribution in [2.24, 2.45) is 0 Å². The minimum Gasteiger partial charge on any atom is -0.465 e. The molecular formula is C22H37N5O3SSi. The fourth-order valence-corrected chi connectivity index (χ4v) is 5.96. The summed E-state index contributed by atoms with van der Waals surface area (Å²) in [6, 6.07) is 3.79. The number of carboxylic acid groups (broad SMARTS) is 1. The molecule has 1 aromatic carbocycles. The van der Waals surface area contributed by atoms with Crippen LogP contribution in [0.4, 0.5) is 16.2 Å². The lowest BCUT2D eigenvalue weighted by Gasteiger charge is -2.38. The topological polar surface area (TPSA) is 104 Å². The Labute approximate surface area is 195 Å². The predicted molar refractivity (Wildman–Crippen MR) is 135 cm³/mol. The number of fused-ring (bicyclic) bond motifs is 1. The first-order chi connectivity index (χ1) is 14.8. The zero-order valence-electron chi connectivity index (χ0n) is 20.2. The average molecular weight is 480 g/mol. The van der Waals surface area contributed by atoms with Gasteiger partial charge in [-0.2, -0.15) is 0 Å². The van der Waals surface area contributed by atoms with E-state index in [1.807, 2.05) is 26.2 Å². The van der Waals surface area contributed by atoms with Crippen molar-refractivity contribution in [2.75, 3.05) is 37.9 Å². The van der Waals surface area contributed by atoms with Gasteiger partial charge in [0.25, 0.3) is 0 Å². The molecule has 1 aliphatic rings. The van der Waals surface area contributed by atoms with E-state index in [0.717, 1.165) is 27.5 Å². The summed E-state index contributed by atoms with van der Waals surface area (Å²) in [6.45, 7) is 13.0. The number of rotatable bonds is 7. The number of amides is 1. The van der Waals surface area contributed by atoms with Gasteiger partial charge in [0, 0.05) is 13.1 Å². The number of benzene rings is 1. The standard InChI is InChI=1S/C22H37N5O3SSi/c1-22(2,3)32(6,7)30-13-15-10-14(24-21(28)29)11-27(15)20-16(23)8-9-17-19(20)25-18(31-17)12-26(4)5/h8-9,14-15,24H,10-13,23H2,1-7H3,(H,28,29)/t14-,15+/m1/s1. The van der Waals surface area contributed by atoms with Gasteiger partial charge in [-0.1, -0.05) is 20.8 Å². The van der Waals surface area contributed by atoms with Crippen LogP contribution in [0.2, 0.25) is 18.1 Å². The van der Waals surface area contributed by atoms with Gasteiger partial charge in [-0.25, -0.2) is 9.78 Å². The largest absolute Gasteiger partial charge is 0.465 e. The summed E-state index contributed by atoms with van der Waals surface area (Å²) in [5.41, 5.74) is 8.92. The number of aromatic nitrogens is 1. The molecule has 0 bridgehead atoms. The molecule has 1 fully saturated rings. The Morgan fingerprint density at radius 3 is 2.69 bits per heavy atom. The summed E-state index contributed by atoms with van der Waals surface area (Å²) in [6.07, 6.45) is -0.333. The number of nitrogens with one attached hydrogen (secondary N) is 1. The van der Waals surface area contributed by atoms with E-state index in [9.17, 15) is 9.90 Å². The minimum absolute atomic E-state index is 0.0212. The van der Waals surface area contributed by atoms with Crippen molar-refractivity contribution in [3.8, 4) is 0 Å². The van der Waals surface area contributed by atoms with Gasteiger partial charge >= 0.3 is 6.09 Å². The van der Waals surface area contributed by atoms with Crippen LogP contribution in [0, 0.1) is 0 Å². The fraction of sp³-hybridized carbons (Fsp3) is 0.636. The molecule has 2 heterocycles. The van der Waals surface area contributed by atoms with Crippen LogP contribution in [0.25, 0.3) is 10.2 Å². The Kier molecular flexibility index (Phi) is 7.09. The number of nitrogen functional groups attached to an aromatic ring is 1. The normalized spacial score (nSPS) is 19.8. The fourth-order valence-electron chi connectivity index (χ4n) is 3.83. The summed E-state index contributed by atoms with van der Waals surface area (Å²) in [5.74, 6) is 0. The van der Waals surface area contributed by atoms with E-state index in [1.54, 1.807) is 11.3 Å². The molecule has 3 rings (SSSR count). The SMILES string of the molecule is CN(C)Cc1nc2c(N3C[C@H](NC(=O)O)C[C@H]3CO[Si](C)(C)C(C)(C)C)c(N)ccc2s1. The second-order valence-electron chi connectivity index (χ2n) is 10.5. The highest BCUT2D eigenvalue weighted by Crippen LogP contribution is 2.41. The van der Waals surface area contributed by atoms with Crippen molar-refractivity contribution >= 4 is 47.3 Å². The first kappa shape index (κ1) is 24.8. The highest BCUT2D eigenvalue weighted by atomic mass is 32.1. The van der Waals surface area contributed by atoms with Crippen LogP contribution < -0.4 is 16.0 Å². The molecule has 2 aromatic rings. The van der Waals surface area contributed by atoms with Crippen LogP contribution >= 0.6 is 11.3 Å². The van der Waals surface area contributed by atoms with E-state index in [4.69, 9.17) is 15.1 Å². The van der Waals surface area contributed by atoms with Crippen molar-refractivity contribution in [1.29, 1.82) is 0 Å². The second-order valence-corrected chi connectivity index (χ2v) is 16.4. The third-order valence-electron chi connectivity index (χ3n) is 6.53. The van der Waals surface area contributed by atoms with E-state index in [2.05, 4.69) is 49.0 Å². The van der Waals surface area contributed by atoms with Gasteiger partial charge in [0.15, 0.2) is 8.32 Å². The first-order valence-corrected chi connectivity index (χ1v) is 14.7. The number of thiazole rings is 1. The molecule has 8 nitrogen and oxygen atoms in total. The van der Waals surface area contributed by atoms with Crippen LogP contribution in [0.15, 0.2) is 12.1 Å². The number of anilines is 2. The van der Waals surface area contributed by atoms with Crippen LogP contribution in [0.3, 0.4) is 0 Å². The Morgan fingerprint density at radius 1 is 1.41 bits per heavy atom. The molecular weight excluding hydrogens is 442 g/mol. The molecule has 0 radical (unpaired) electrons. The highest BCUT2D eigenvalue weighted by Gasteiger charge is 2.41. The lowest BCUT2D eigenvalue weighted by Crippen LogP contribution is -2.45. The van der Waals surface area contributed by atoms with Gasteiger partial charge in [0.1, 0.15) is 10.5 Å². The molecule has 0 spiro atoms. The minimum atomic E-state index is -1.95. The Bertz CT molecular complexity index is 972. The molecule has 0 aliphatic carbocycles. The summed E-state index contributed by atoms with van der Waals surface area (Å²) in [5, 5.41) is 13.1. The van der Waals surface area contributed by atoms with E-state index >= 15 is 0 Å². The zero-order valence-corrected chi connectivity index (χ0v) is 22.0. The zero-order chi connectivity index (χ0) is 23.8. The molecule has 178 valence electrons. The van der Waals surface area contributed by atoms with Crippen molar-refractivity contribution in [3.05, 3.63) is 17.1 Å². The molecule has 0 unspecified atom stereocenters. The van der Waals surface area contributed by atoms with E-state index < -0.39 is 14.4 Å². The summed E-state index contributed by atoms with van der Waals surface area (Å²) < 4.78 is 7.64. The monoisotopic (exact) mass is 479 g/mol. The first-order valence-electron chi connectivity index (χ1n) is 11.0. The summed E-state index contributed by atoms with van der Waals surface area (Å²) >= 11 is 1.67. The Morgan fingerprint density at radius 2 is 2.09 bits per heavy atom. The number of carbonyl (C=O) groups is 1. The molecule has 2 atom stereocenters. The molecule has 4 N–H and O–H groups in total. The Balaban J connectivity index is 1.96. The molecule has 10 heteroatoms. The molecule has 0 saturated carbocycles. The Hall–Kier alpha value is -1.88. The van der Waals surface area contributed by atoms with E-state index in [1.165, 1.54) is 0 Å². The lowest BCUT2D eigenvalue weighted by atomic mass is 10.1. The van der Waals surface area contributed by atoms with Gasteiger partial charge in [-0.15, -0.1) is 11.3 Å². The van der Waals surface area contributed by atoms with Gasteiger partial charge in [-0.05, 0) is 50.8 Å². The van der Waals surface area contributed by atoms with Crippen LogP contribution in [-0.2, 0) is 11.0 Å². The smallest absolute Gasteiger partial charge is 0.404 e. The number of hydrogen-bond donors (Lipinski definition) is 3. The number of nitrogens with zero attached hydrogens (tertiary/aromatic N) is 3. The van der Waals surface area contributed by atoms with Crippen LogP contribution in [0.5, 0.6) is 0 Å². The van der Waals surface area contributed by atoms with Crippen LogP contribution in [-0.4, -0.2) is 68.7 Å². The van der Waals surface area contributed by atoms with E-state index in [0.29, 0.717) is 25.3 Å². The van der Waals surface area contributed by atoms with Crippen molar-refractivity contribution in [2.45, 2.75) is 64.0 Å². The quantitative estimate of drug-likeness (QED) is 0.404. The summed E-state index contributed by atoms with van der Waals surface area (Å²) in [4.78, 5) is 20.6. The average Bonchev–Trinajstić information content (AvgIpc) is 3.21. The van der Waals surface area contributed by atoms with Gasteiger partial charge < -0.3 is 30.4 Å². The predicted octanol–water partition coefficient (Wildman–Crippen LogP) is 4.18. The van der Waals surface area contributed by atoms with Crippen molar-refractivity contribution < 1.29 is 14.3 Å². The molecule has 1 aromatic heterocycles. The van der Waals surface area contributed by atoms with Gasteiger partial charge in [0.05, 0.1) is 34.8 Å². The third kappa shape index (κ3) is 5.36. The number of hydrogen-bond acceptors (Lipinski definition) is 7. The van der Waals surface area contributed by atoms with E-state index in [-0.39, 0.29) is 17.1 Å². The van der Waals surface area contributed by atoms with Gasteiger partial charge in [-0.3, -0.25) is 0 Å². The highest BCUT2D eigenvalue weighted by molar-refractivity contribution is 7.18. The third-order valence-corrected chi connectivity index (χ3v) is 12.0. The number of nitrogens with two attached hydrogens (primary N) is 1. The maximum Gasteiger partial charge on any atom is 0.404 e. The maximum absolute atomic E-state index is 11.3. The maximum atomic E-state index is 11.3. The van der Waals surface area contributed by atoms with Crippen molar-refractivity contribution in [1.82, 2.24) is 15.2 Å². The second kappa shape index (κ2) is 9.16. The van der Waals surface area contributed by atoms with Crippen LogP contribution in [0.1, 0.15) is 32.2 Å².